The van der Waals surface area contributed by atoms with Gasteiger partial charge in [-0.15, -0.1) is 24.8 Å². The van der Waals surface area contributed by atoms with E-state index in [1.165, 1.54) is 14.2 Å². The van der Waals surface area contributed by atoms with Gasteiger partial charge in [0.1, 0.15) is 11.2 Å². The summed E-state index contributed by atoms with van der Waals surface area (Å²) in [6.07, 6.45) is 1.44. The number of nitrogens with two attached hydrogens (primary N) is 1. The minimum Gasteiger partial charge on any atom is -0.493 e. The molecule has 0 atom stereocenters. The lowest BCUT2D eigenvalue weighted by Gasteiger charge is -2.18. The minimum atomic E-state index is -0.697. The van der Waals surface area contributed by atoms with Gasteiger partial charge in [-0.05, 0) is 66.3 Å². The van der Waals surface area contributed by atoms with E-state index in [0.29, 0.717) is 25.3 Å². The van der Waals surface area contributed by atoms with Gasteiger partial charge in [-0.2, -0.15) is 0 Å². The zero-order valence-electron chi connectivity index (χ0n) is 23.6. The lowest BCUT2D eigenvalue weighted by molar-refractivity contribution is 0.0946. The summed E-state index contributed by atoms with van der Waals surface area (Å²) in [6.45, 7) is 2.38. The van der Waals surface area contributed by atoms with Crippen LogP contribution < -0.4 is 31.3 Å². The van der Waals surface area contributed by atoms with Crippen LogP contribution in [0.2, 0.25) is 0 Å². The summed E-state index contributed by atoms with van der Waals surface area (Å²) in [5.74, 6) is -0.921. The number of benzene rings is 2. The molecule has 4 N–H and O–H groups in total. The van der Waals surface area contributed by atoms with Gasteiger partial charge in [-0.25, -0.2) is 4.98 Å². The molecule has 0 saturated heterocycles. The average molecular weight is 602 g/mol. The first-order chi connectivity index (χ1) is 18.1. The van der Waals surface area contributed by atoms with E-state index in [4.69, 9.17) is 19.6 Å². The molecule has 222 valence electrons. The molecule has 2 aliphatic rings. The Morgan fingerprint density at radius 3 is 2.05 bits per heavy atom. The van der Waals surface area contributed by atoms with Gasteiger partial charge in [0.25, 0.3) is 11.8 Å². The van der Waals surface area contributed by atoms with Crippen molar-refractivity contribution in [2.75, 3.05) is 74.3 Å². The Hall–Kier alpha value is -3.32. The van der Waals surface area contributed by atoms with Crippen molar-refractivity contribution in [1.82, 2.24) is 25.4 Å². The molecule has 0 unspecified atom stereocenters. The van der Waals surface area contributed by atoms with E-state index in [0.717, 1.165) is 19.5 Å². The number of amides is 2. The van der Waals surface area contributed by atoms with Gasteiger partial charge in [0.2, 0.25) is 11.2 Å². The summed E-state index contributed by atoms with van der Waals surface area (Å²) in [4.78, 5) is 48.0. The number of anilines is 1. The van der Waals surface area contributed by atoms with Crippen LogP contribution in [-0.2, 0) is 0 Å². The largest absolute Gasteiger partial charge is 0.493 e. The second-order valence-corrected chi connectivity index (χ2v) is 9.36. The van der Waals surface area contributed by atoms with Crippen molar-refractivity contribution in [2.45, 2.75) is 12.8 Å². The maximum Gasteiger partial charge on any atom is 0.255 e. The summed E-state index contributed by atoms with van der Waals surface area (Å²) in [6, 6.07) is 3.15. The van der Waals surface area contributed by atoms with Crippen LogP contribution in [0.25, 0.3) is 22.6 Å². The summed E-state index contributed by atoms with van der Waals surface area (Å²) < 4.78 is 16.8. The average Bonchev–Trinajstić information content (AvgIpc) is 2.88. The molecule has 0 saturated carbocycles. The number of rotatable bonds is 12. The van der Waals surface area contributed by atoms with Gasteiger partial charge in [0, 0.05) is 13.1 Å². The second-order valence-electron chi connectivity index (χ2n) is 9.36. The van der Waals surface area contributed by atoms with E-state index in [1.54, 1.807) is 12.1 Å². The number of carbonyl (C=O) groups is 2. The van der Waals surface area contributed by atoms with Crippen LogP contribution in [0.1, 0.15) is 33.6 Å². The van der Waals surface area contributed by atoms with Crippen molar-refractivity contribution in [3.05, 3.63) is 33.5 Å². The van der Waals surface area contributed by atoms with E-state index >= 15 is 0 Å². The molecule has 1 aliphatic carbocycles. The molecule has 1 aliphatic heterocycles. The standard InChI is InChI=1S/C26H36N6O6.2ClH/c1-31(2)13-7-11-28-25(34)15-9-10-16(36-5)22-19(15)30-20-17(26(35)29-12-8-14-32(3)4)18(27)21(33)24(37-6)23(20)38-22;;/h9-10H,7-8,11-14,27H2,1-6H3,(H,28,34)(H,29,35);2*1H. The molecule has 1 aromatic rings. The number of hydrogen-bond acceptors (Lipinski definition) is 10. The Bertz CT molecular complexity index is 1350. The van der Waals surface area contributed by atoms with Gasteiger partial charge in [0.15, 0.2) is 17.1 Å². The summed E-state index contributed by atoms with van der Waals surface area (Å²) in [5.41, 5.74) is 5.48. The lowest BCUT2D eigenvalue weighted by atomic mass is 10.0. The number of ether oxygens (including phenoxy) is 2. The van der Waals surface area contributed by atoms with Crippen LogP contribution in [0.5, 0.6) is 11.5 Å². The highest BCUT2D eigenvalue weighted by Gasteiger charge is 2.31. The van der Waals surface area contributed by atoms with Crippen molar-refractivity contribution >= 4 is 53.4 Å². The molecule has 0 bridgehead atoms. The third kappa shape index (κ3) is 7.66. The summed E-state index contributed by atoms with van der Waals surface area (Å²) in [5, 5.41) is 5.67. The van der Waals surface area contributed by atoms with E-state index in [9.17, 15) is 14.4 Å². The number of nitrogens with zero attached hydrogens (tertiary/aromatic N) is 3. The first-order valence-electron chi connectivity index (χ1n) is 12.3. The van der Waals surface area contributed by atoms with Crippen LogP contribution in [-0.4, -0.2) is 95.2 Å². The van der Waals surface area contributed by atoms with Gasteiger partial charge in [0.05, 0.1) is 31.0 Å². The van der Waals surface area contributed by atoms with Crippen molar-refractivity contribution in [1.29, 1.82) is 0 Å². The number of nitrogens with one attached hydrogen (secondary N) is 2. The first-order valence-corrected chi connectivity index (χ1v) is 12.3. The van der Waals surface area contributed by atoms with Gasteiger partial charge < -0.3 is 40.1 Å². The smallest absolute Gasteiger partial charge is 0.255 e. The van der Waals surface area contributed by atoms with Crippen LogP contribution in [0.3, 0.4) is 0 Å². The van der Waals surface area contributed by atoms with E-state index < -0.39 is 11.3 Å². The van der Waals surface area contributed by atoms with Crippen molar-refractivity contribution < 1.29 is 23.5 Å². The monoisotopic (exact) mass is 600 g/mol. The van der Waals surface area contributed by atoms with E-state index in [2.05, 4.69) is 15.6 Å². The Morgan fingerprint density at radius 2 is 1.52 bits per heavy atom. The van der Waals surface area contributed by atoms with Crippen molar-refractivity contribution in [3.8, 4) is 23.0 Å². The molecule has 1 aromatic carbocycles. The number of aromatic nitrogens is 1. The van der Waals surface area contributed by atoms with Crippen LogP contribution >= 0.6 is 24.8 Å². The normalized spacial score (nSPS) is 10.8. The zero-order valence-corrected chi connectivity index (χ0v) is 25.2. The Kier molecular flexibility index (Phi) is 13.4. The van der Waals surface area contributed by atoms with E-state index in [-0.39, 0.29) is 75.8 Å². The molecule has 0 spiro atoms. The highest BCUT2D eigenvalue weighted by Crippen LogP contribution is 2.39. The Labute approximate surface area is 245 Å². The van der Waals surface area contributed by atoms with Gasteiger partial charge in [-0.3, -0.25) is 14.4 Å². The van der Waals surface area contributed by atoms with Crippen molar-refractivity contribution in [3.63, 3.8) is 0 Å². The third-order valence-electron chi connectivity index (χ3n) is 5.93. The summed E-state index contributed by atoms with van der Waals surface area (Å²) in [7, 11) is 10.5. The number of halogens is 2. The third-order valence-corrected chi connectivity index (χ3v) is 5.93. The quantitative estimate of drug-likeness (QED) is 0.160. The molecule has 14 heteroatoms. The molecule has 0 aromatic heterocycles. The molecule has 1 heterocycles. The minimum absolute atomic E-state index is 0. The maximum absolute atomic E-state index is 13.2. The number of nitrogen functional groups attached to an aromatic ring is 1. The van der Waals surface area contributed by atoms with Crippen LogP contribution in [0, 0.1) is 0 Å². The van der Waals surface area contributed by atoms with E-state index in [1.807, 2.05) is 38.0 Å². The fourth-order valence-corrected chi connectivity index (χ4v) is 4.00. The molecular weight excluding hydrogens is 563 g/mol. The highest BCUT2D eigenvalue weighted by atomic mass is 35.5. The Balaban J connectivity index is 0.00000400. The summed E-state index contributed by atoms with van der Waals surface area (Å²) >= 11 is 0. The molecular formula is C26H38Cl2N6O6. The van der Waals surface area contributed by atoms with Crippen LogP contribution in [0.15, 0.2) is 21.3 Å². The predicted octanol–water partition coefficient (Wildman–Crippen LogP) is 2.10. The SMILES string of the molecule is COc1c2oc3c(OC)ccc(C(=O)NCCCN(C)C)c3nc-2c(C(=O)NCCCN(C)C)c(N)c1=O.Cl.Cl. The molecule has 2 amide bonds. The molecule has 0 fully saturated rings. The molecule has 3 rings (SSSR count). The number of methoxy groups -OCH3 is 2. The van der Waals surface area contributed by atoms with Crippen LogP contribution in [0.4, 0.5) is 5.69 Å². The fourth-order valence-electron chi connectivity index (χ4n) is 4.00. The second kappa shape index (κ2) is 15.5. The molecule has 40 heavy (non-hydrogen) atoms. The van der Waals surface area contributed by atoms with Crippen molar-refractivity contribution in [2.24, 2.45) is 0 Å². The van der Waals surface area contributed by atoms with Gasteiger partial charge in [-0.1, -0.05) is 0 Å². The Morgan fingerprint density at radius 1 is 0.950 bits per heavy atom. The fraction of sp³-hybridized carbons (Fsp3) is 0.462. The lowest BCUT2D eigenvalue weighted by Crippen LogP contribution is -2.31. The highest BCUT2D eigenvalue weighted by molar-refractivity contribution is 6.09. The number of hydrogen-bond donors (Lipinski definition) is 3. The predicted molar refractivity (Wildman–Crippen MR) is 160 cm³/mol. The number of carbonyl (C=O) groups excluding carboxylic acids is 2. The molecule has 12 nitrogen and oxygen atoms in total. The topological polar surface area (TPSA) is 152 Å². The maximum atomic E-state index is 13.2. The first kappa shape index (κ1) is 34.7. The molecule has 0 radical (unpaired) electrons. The zero-order chi connectivity index (χ0) is 28.0. The van der Waals surface area contributed by atoms with Gasteiger partial charge >= 0.3 is 0 Å². The number of fused-ring (bicyclic) bond motifs is 2.